The summed E-state index contributed by atoms with van der Waals surface area (Å²) in [5, 5.41) is 28.0. The molecule has 322 valence electrons. The molecule has 0 rings (SSSR count). The van der Waals surface area contributed by atoms with Crippen LogP contribution in [0.15, 0.2) is 72.9 Å². The first-order chi connectivity index (χ1) is 27.1. The fourth-order valence-electron chi connectivity index (χ4n) is 5.17. The lowest BCUT2D eigenvalue weighted by Crippen LogP contribution is -2.29. The zero-order valence-electron chi connectivity index (χ0n) is 34.4. The molecule has 0 saturated heterocycles. The molecule has 11 nitrogen and oxygen atoms in total. The van der Waals surface area contributed by atoms with E-state index in [9.17, 15) is 29.3 Å². The number of phosphoric acid groups is 1. The van der Waals surface area contributed by atoms with Gasteiger partial charge in [-0.15, -0.1) is 0 Å². The number of phosphoric ester groups is 1. The van der Waals surface area contributed by atoms with E-state index in [0.29, 0.717) is 25.7 Å². The third-order valence-corrected chi connectivity index (χ3v) is 9.37. The summed E-state index contributed by atoms with van der Waals surface area (Å²) in [5.41, 5.74) is 0. The van der Waals surface area contributed by atoms with Gasteiger partial charge in [0, 0.05) is 12.8 Å². The lowest BCUT2D eigenvalue weighted by atomic mass is 10.1. The summed E-state index contributed by atoms with van der Waals surface area (Å²) in [4.78, 5) is 34.9. The van der Waals surface area contributed by atoms with Crippen LogP contribution in [0.3, 0.4) is 0 Å². The summed E-state index contributed by atoms with van der Waals surface area (Å²) < 4.78 is 32.6. The number of unbranched alkanes of at least 4 members (excludes halogenated alkanes) is 10. The molecule has 0 fully saturated rings. The number of esters is 2. The topological polar surface area (TPSA) is 169 Å². The Hall–Kier alpha value is -2.63. The van der Waals surface area contributed by atoms with Gasteiger partial charge < -0.3 is 29.7 Å². The van der Waals surface area contributed by atoms with E-state index < -0.39 is 51.8 Å². The SMILES string of the molecule is CCCCCC/C=C\C=C/CCCCCCCC(=O)O[C@H](COC(=O)CCC/C=C\C/C=C\C/C=C\C/C=C\CC(O)CCC)COP(=O)(O)OC[C@@H](O)CO. The van der Waals surface area contributed by atoms with Crippen LogP contribution < -0.4 is 0 Å². The highest BCUT2D eigenvalue weighted by Crippen LogP contribution is 2.43. The molecule has 0 aliphatic carbocycles. The lowest BCUT2D eigenvalue weighted by Gasteiger charge is -2.20. The maximum absolute atomic E-state index is 12.6. The molecule has 0 bridgehead atoms. The van der Waals surface area contributed by atoms with Gasteiger partial charge in [-0.2, -0.15) is 0 Å². The van der Waals surface area contributed by atoms with Crippen molar-refractivity contribution in [3.8, 4) is 0 Å². The number of rotatable bonds is 38. The molecule has 0 aliphatic heterocycles. The van der Waals surface area contributed by atoms with Crippen molar-refractivity contribution in [2.75, 3.05) is 26.4 Å². The largest absolute Gasteiger partial charge is 0.472 e. The van der Waals surface area contributed by atoms with Gasteiger partial charge in [0.1, 0.15) is 12.7 Å². The maximum Gasteiger partial charge on any atom is 0.472 e. The van der Waals surface area contributed by atoms with Crippen LogP contribution in [0, 0.1) is 0 Å². The molecule has 0 spiro atoms. The highest BCUT2D eigenvalue weighted by atomic mass is 31.2. The van der Waals surface area contributed by atoms with Gasteiger partial charge in [-0.05, 0) is 77.0 Å². The summed E-state index contributed by atoms with van der Waals surface area (Å²) >= 11 is 0. The summed E-state index contributed by atoms with van der Waals surface area (Å²) in [6.45, 7) is 2.05. The summed E-state index contributed by atoms with van der Waals surface area (Å²) in [6.07, 6.45) is 40.8. The van der Waals surface area contributed by atoms with E-state index in [4.69, 9.17) is 19.1 Å². The minimum atomic E-state index is -4.64. The van der Waals surface area contributed by atoms with Crippen LogP contribution in [-0.4, -0.2) is 76.9 Å². The van der Waals surface area contributed by atoms with E-state index in [1.54, 1.807) is 0 Å². The predicted molar refractivity (Wildman–Crippen MR) is 225 cm³/mol. The Labute approximate surface area is 338 Å². The average molecular weight is 811 g/mol. The fourth-order valence-corrected chi connectivity index (χ4v) is 5.96. The average Bonchev–Trinajstić information content (AvgIpc) is 3.18. The van der Waals surface area contributed by atoms with Gasteiger partial charge >= 0.3 is 19.8 Å². The first-order valence-corrected chi connectivity index (χ1v) is 22.5. The van der Waals surface area contributed by atoms with Crippen molar-refractivity contribution in [3.63, 3.8) is 0 Å². The molecule has 0 saturated carbocycles. The maximum atomic E-state index is 12.6. The van der Waals surface area contributed by atoms with Crippen LogP contribution in [0.2, 0.25) is 0 Å². The molecule has 0 aromatic carbocycles. The van der Waals surface area contributed by atoms with Crippen molar-refractivity contribution in [2.45, 2.75) is 167 Å². The minimum absolute atomic E-state index is 0.144. The molecule has 56 heavy (non-hydrogen) atoms. The Morgan fingerprint density at radius 2 is 1.12 bits per heavy atom. The third kappa shape index (κ3) is 38.3. The van der Waals surface area contributed by atoms with Crippen LogP contribution in [-0.2, 0) is 32.7 Å². The second-order valence-corrected chi connectivity index (χ2v) is 15.3. The molecule has 0 aromatic heterocycles. The smallest absolute Gasteiger partial charge is 0.462 e. The molecule has 4 N–H and O–H groups in total. The van der Waals surface area contributed by atoms with E-state index in [1.165, 1.54) is 25.7 Å². The highest BCUT2D eigenvalue weighted by molar-refractivity contribution is 7.47. The van der Waals surface area contributed by atoms with Gasteiger partial charge in [0.25, 0.3) is 0 Å². The summed E-state index contributed by atoms with van der Waals surface area (Å²) in [6, 6.07) is 0. The highest BCUT2D eigenvalue weighted by Gasteiger charge is 2.27. The van der Waals surface area contributed by atoms with E-state index in [2.05, 4.69) is 73.1 Å². The van der Waals surface area contributed by atoms with Crippen LogP contribution in [0.25, 0.3) is 0 Å². The number of aliphatic hydroxyl groups excluding tert-OH is 3. The molecule has 0 aromatic rings. The zero-order valence-corrected chi connectivity index (χ0v) is 35.3. The number of allylic oxidation sites excluding steroid dienone is 11. The number of hydrogen-bond donors (Lipinski definition) is 4. The van der Waals surface area contributed by atoms with E-state index in [1.807, 2.05) is 18.2 Å². The Kier molecular flexibility index (Phi) is 37.4. The number of hydrogen-bond acceptors (Lipinski definition) is 10. The fraction of sp³-hybridized carbons (Fsp3) is 0.682. The molecule has 0 aliphatic rings. The number of carbonyl (C=O) groups is 2. The van der Waals surface area contributed by atoms with E-state index >= 15 is 0 Å². The first-order valence-electron chi connectivity index (χ1n) is 21.0. The van der Waals surface area contributed by atoms with Crippen molar-refractivity contribution in [1.29, 1.82) is 0 Å². The molecule has 0 heterocycles. The molecular formula is C44H75O11P. The van der Waals surface area contributed by atoms with Gasteiger partial charge in [-0.25, -0.2) is 4.57 Å². The monoisotopic (exact) mass is 811 g/mol. The second-order valence-electron chi connectivity index (χ2n) is 13.9. The third-order valence-electron chi connectivity index (χ3n) is 8.42. The van der Waals surface area contributed by atoms with Crippen molar-refractivity contribution in [1.82, 2.24) is 0 Å². The lowest BCUT2D eigenvalue weighted by molar-refractivity contribution is -0.161. The van der Waals surface area contributed by atoms with Gasteiger partial charge in [0.2, 0.25) is 0 Å². The Morgan fingerprint density at radius 1 is 0.589 bits per heavy atom. The summed E-state index contributed by atoms with van der Waals surface area (Å²) in [7, 11) is -4.64. The zero-order chi connectivity index (χ0) is 41.4. The Balaban J connectivity index is 4.47. The normalized spacial score (nSPS) is 15.2. The Morgan fingerprint density at radius 3 is 1.75 bits per heavy atom. The predicted octanol–water partition coefficient (Wildman–Crippen LogP) is 9.86. The Bertz CT molecular complexity index is 1180. The van der Waals surface area contributed by atoms with Gasteiger partial charge in [-0.1, -0.05) is 132 Å². The van der Waals surface area contributed by atoms with Gasteiger partial charge in [0.15, 0.2) is 6.10 Å². The van der Waals surface area contributed by atoms with Crippen molar-refractivity contribution in [3.05, 3.63) is 72.9 Å². The molecule has 12 heteroatoms. The number of aliphatic hydroxyl groups is 3. The summed E-state index contributed by atoms with van der Waals surface area (Å²) in [5.74, 6) is -1.04. The van der Waals surface area contributed by atoms with Crippen molar-refractivity contribution in [2.24, 2.45) is 0 Å². The molecule has 4 atom stereocenters. The van der Waals surface area contributed by atoms with Crippen LogP contribution in [0.4, 0.5) is 0 Å². The standard InChI is InChI=1S/C44H75O11P/c1-3-5-6-7-8-9-10-11-12-15-19-22-25-28-31-35-44(49)55-42(39-54-56(50,51)53-37-41(47)36-45)38-52-43(48)34-30-27-24-21-18-16-13-14-17-20-23-26-29-33-40(46)32-4-2/h9-13,16-17,20-21,24,26,29,40-42,45-47H,3-8,14-15,18-19,22-23,25,27-28,30-39H2,1-2H3,(H,50,51)/b10-9-,12-11-,16-13-,20-17-,24-21-,29-26-/t40?,41-,42+/m0/s1. The van der Waals surface area contributed by atoms with E-state index in [0.717, 1.165) is 70.6 Å². The molecule has 2 unspecified atom stereocenters. The van der Waals surface area contributed by atoms with Crippen LogP contribution in [0.1, 0.15) is 149 Å². The minimum Gasteiger partial charge on any atom is -0.462 e. The number of ether oxygens (including phenoxy) is 2. The van der Waals surface area contributed by atoms with Crippen LogP contribution >= 0.6 is 7.82 Å². The number of carbonyl (C=O) groups excluding carboxylic acids is 2. The van der Waals surface area contributed by atoms with Gasteiger partial charge in [0.05, 0.1) is 25.9 Å². The van der Waals surface area contributed by atoms with Gasteiger partial charge in [-0.3, -0.25) is 18.6 Å². The van der Waals surface area contributed by atoms with Crippen molar-refractivity contribution >= 4 is 19.8 Å². The molecule has 0 amide bonds. The first kappa shape index (κ1) is 53.4. The molecular weight excluding hydrogens is 735 g/mol. The second kappa shape index (κ2) is 39.2. The van der Waals surface area contributed by atoms with Crippen molar-refractivity contribution < 1.29 is 52.9 Å². The van der Waals surface area contributed by atoms with E-state index in [-0.39, 0.29) is 25.6 Å². The molecule has 0 radical (unpaired) electrons. The quantitative estimate of drug-likeness (QED) is 0.0154. The van der Waals surface area contributed by atoms with Crippen LogP contribution in [0.5, 0.6) is 0 Å².